The lowest BCUT2D eigenvalue weighted by Crippen LogP contribution is -2.09. The molecule has 0 fully saturated rings. The predicted octanol–water partition coefficient (Wildman–Crippen LogP) is 2.98. The lowest BCUT2D eigenvalue weighted by Gasteiger charge is -2.06. The largest absolute Gasteiger partial charge is 0.433 e. The Hall–Kier alpha value is -1.85. The number of aromatic nitrogens is 3. The predicted molar refractivity (Wildman–Crippen MR) is 58.8 cm³/mol. The van der Waals surface area contributed by atoms with E-state index >= 15 is 0 Å². The molecule has 1 aliphatic carbocycles. The van der Waals surface area contributed by atoms with Crippen LogP contribution in [-0.4, -0.2) is 15.2 Å². The second-order valence-corrected chi connectivity index (χ2v) is 4.29. The van der Waals surface area contributed by atoms with Crippen molar-refractivity contribution < 1.29 is 13.2 Å². The summed E-state index contributed by atoms with van der Waals surface area (Å²) in [6, 6.07) is 3.68. The lowest BCUT2D eigenvalue weighted by atomic mass is 10.1. The molecule has 0 aliphatic heterocycles. The molecule has 0 radical (unpaired) electrons. The van der Waals surface area contributed by atoms with Crippen LogP contribution >= 0.6 is 0 Å². The van der Waals surface area contributed by atoms with Crippen LogP contribution in [0.5, 0.6) is 0 Å². The highest BCUT2D eigenvalue weighted by Gasteiger charge is 2.38. The van der Waals surface area contributed by atoms with Gasteiger partial charge in [0.1, 0.15) is 11.4 Å². The molecule has 1 aliphatic rings. The number of aromatic amines is 1. The van der Waals surface area contributed by atoms with Crippen LogP contribution in [0.2, 0.25) is 0 Å². The van der Waals surface area contributed by atoms with Crippen molar-refractivity contribution in [3.05, 3.63) is 35.2 Å². The summed E-state index contributed by atoms with van der Waals surface area (Å²) < 4.78 is 38.5. The first-order valence-electron chi connectivity index (χ1n) is 5.66. The molecule has 0 amide bonds. The number of pyridine rings is 1. The van der Waals surface area contributed by atoms with Gasteiger partial charge in [-0.2, -0.15) is 18.3 Å². The van der Waals surface area contributed by atoms with E-state index in [4.69, 9.17) is 0 Å². The van der Waals surface area contributed by atoms with Gasteiger partial charge >= 0.3 is 6.18 Å². The smallest absolute Gasteiger partial charge is 0.273 e. The van der Waals surface area contributed by atoms with Gasteiger partial charge in [-0.15, -0.1) is 0 Å². The Kier molecular flexibility index (Phi) is 2.39. The maximum absolute atomic E-state index is 12.8. The van der Waals surface area contributed by atoms with E-state index in [1.165, 1.54) is 0 Å². The van der Waals surface area contributed by atoms with Gasteiger partial charge in [0, 0.05) is 11.8 Å². The maximum Gasteiger partial charge on any atom is 0.433 e. The fourth-order valence-electron chi connectivity index (χ4n) is 2.35. The van der Waals surface area contributed by atoms with Crippen molar-refractivity contribution in [3.63, 3.8) is 0 Å². The molecule has 0 saturated carbocycles. The zero-order valence-corrected chi connectivity index (χ0v) is 9.38. The van der Waals surface area contributed by atoms with E-state index in [-0.39, 0.29) is 5.56 Å². The molecule has 3 nitrogen and oxygen atoms in total. The van der Waals surface area contributed by atoms with Gasteiger partial charge in [-0.25, -0.2) is 0 Å². The van der Waals surface area contributed by atoms with Crippen LogP contribution in [0.15, 0.2) is 18.3 Å². The monoisotopic (exact) mass is 253 g/mol. The van der Waals surface area contributed by atoms with E-state index in [9.17, 15) is 13.2 Å². The van der Waals surface area contributed by atoms with E-state index in [2.05, 4.69) is 15.2 Å². The van der Waals surface area contributed by atoms with E-state index in [0.29, 0.717) is 24.2 Å². The third kappa shape index (κ3) is 1.68. The van der Waals surface area contributed by atoms with Crippen molar-refractivity contribution in [2.24, 2.45) is 0 Å². The minimum absolute atomic E-state index is 0.236. The number of aryl methyl sites for hydroxylation is 1. The number of rotatable bonds is 0. The topological polar surface area (TPSA) is 41.6 Å². The van der Waals surface area contributed by atoms with Crippen molar-refractivity contribution in [2.75, 3.05) is 0 Å². The number of nitrogens with zero attached hydrogens (tertiary/aromatic N) is 2. The highest BCUT2D eigenvalue weighted by Crippen LogP contribution is 2.37. The number of hydrogen-bond acceptors (Lipinski definition) is 2. The Morgan fingerprint density at radius 3 is 2.78 bits per heavy atom. The molecule has 18 heavy (non-hydrogen) atoms. The van der Waals surface area contributed by atoms with Crippen LogP contribution in [0.4, 0.5) is 13.2 Å². The first kappa shape index (κ1) is 11.3. The van der Waals surface area contributed by atoms with Crippen molar-refractivity contribution in [1.29, 1.82) is 0 Å². The molecule has 0 unspecified atom stereocenters. The minimum atomic E-state index is -4.39. The van der Waals surface area contributed by atoms with Crippen molar-refractivity contribution >= 4 is 0 Å². The Labute approximate surface area is 101 Å². The summed E-state index contributed by atoms with van der Waals surface area (Å²) >= 11 is 0. The van der Waals surface area contributed by atoms with Gasteiger partial charge in [0.2, 0.25) is 0 Å². The fraction of sp³-hybridized carbons (Fsp3) is 0.333. The SMILES string of the molecule is FC(F)(F)c1[nH]nc2c1CCCc1cccnc1-2. The molecule has 2 aromatic rings. The molecule has 0 saturated heterocycles. The summed E-state index contributed by atoms with van der Waals surface area (Å²) in [5, 5.41) is 5.93. The molecule has 1 N–H and O–H groups in total. The molecule has 6 heteroatoms. The molecule has 0 spiro atoms. The molecule has 3 rings (SSSR count). The number of fused-ring (bicyclic) bond motifs is 3. The minimum Gasteiger partial charge on any atom is -0.273 e. The molecular weight excluding hydrogens is 243 g/mol. The maximum atomic E-state index is 12.8. The third-order valence-corrected chi connectivity index (χ3v) is 3.14. The van der Waals surface area contributed by atoms with Gasteiger partial charge in [-0.1, -0.05) is 6.07 Å². The average Bonchev–Trinajstić information content (AvgIpc) is 2.66. The van der Waals surface area contributed by atoms with Crippen LogP contribution in [0, 0.1) is 0 Å². The van der Waals surface area contributed by atoms with Crippen molar-refractivity contribution in [3.8, 4) is 11.4 Å². The van der Waals surface area contributed by atoms with Crippen LogP contribution < -0.4 is 0 Å². The van der Waals surface area contributed by atoms with Crippen LogP contribution in [0.1, 0.15) is 23.2 Å². The normalized spacial score (nSPS) is 14.8. The van der Waals surface area contributed by atoms with Gasteiger partial charge in [0.15, 0.2) is 0 Å². The first-order chi connectivity index (χ1) is 8.57. The Morgan fingerprint density at radius 2 is 2.00 bits per heavy atom. The van der Waals surface area contributed by atoms with E-state index in [0.717, 1.165) is 12.0 Å². The van der Waals surface area contributed by atoms with Gasteiger partial charge in [0.05, 0.1) is 5.69 Å². The molecule has 2 heterocycles. The zero-order chi connectivity index (χ0) is 12.8. The van der Waals surface area contributed by atoms with Crippen molar-refractivity contribution in [2.45, 2.75) is 25.4 Å². The molecule has 94 valence electrons. The van der Waals surface area contributed by atoms with Crippen LogP contribution in [0.25, 0.3) is 11.4 Å². The summed E-state index contributed by atoms with van der Waals surface area (Å²) in [6.07, 6.45) is -1.03. The van der Waals surface area contributed by atoms with Gasteiger partial charge in [-0.3, -0.25) is 10.1 Å². The number of halogens is 3. The summed E-state index contributed by atoms with van der Waals surface area (Å²) in [5.41, 5.74) is 1.36. The Morgan fingerprint density at radius 1 is 1.17 bits per heavy atom. The van der Waals surface area contributed by atoms with Gasteiger partial charge < -0.3 is 0 Å². The summed E-state index contributed by atoms with van der Waals surface area (Å²) in [4.78, 5) is 4.17. The standard InChI is InChI=1S/C12H10F3N3/c13-12(14,15)11-8-5-1-3-7-4-2-6-16-9(7)10(8)17-18-11/h2,4,6H,1,3,5H2,(H,17,18). The van der Waals surface area contributed by atoms with Gasteiger partial charge in [0.25, 0.3) is 0 Å². The number of H-pyrrole nitrogens is 1. The second kappa shape index (κ2) is 3.83. The summed E-state index contributed by atoms with van der Waals surface area (Å²) in [7, 11) is 0. The molecule has 0 aromatic carbocycles. The Balaban J connectivity index is 2.21. The van der Waals surface area contributed by atoms with E-state index < -0.39 is 11.9 Å². The van der Waals surface area contributed by atoms with E-state index in [1.807, 2.05) is 6.07 Å². The quantitative estimate of drug-likeness (QED) is 0.784. The van der Waals surface area contributed by atoms with Crippen molar-refractivity contribution in [1.82, 2.24) is 15.2 Å². The average molecular weight is 253 g/mol. The van der Waals surface area contributed by atoms with Gasteiger partial charge in [-0.05, 0) is 30.9 Å². The molecule has 2 aromatic heterocycles. The van der Waals surface area contributed by atoms with E-state index in [1.54, 1.807) is 12.3 Å². The lowest BCUT2D eigenvalue weighted by molar-refractivity contribution is -0.141. The fourth-order valence-corrected chi connectivity index (χ4v) is 2.35. The third-order valence-electron chi connectivity index (χ3n) is 3.14. The first-order valence-corrected chi connectivity index (χ1v) is 5.66. The molecule has 0 atom stereocenters. The highest BCUT2D eigenvalue weighted by atomic mass is 19.4. The molecular formula is C12H10F3N3. The van der Waals surface area contributed by atoms with Crippen LogP contribution in [-0.2, 0) is 19.0 Å². The number of hydrogen-bond donors (Lipinski definition) is 1. The Bertz CT molecular complexity index is 586. The highest BCUT2D eigenvalue weighted by molar-refractivity contribution is 5.65. The second-order valence-electron chi connectivity index (χ2n) is 4.29. The molecule has 0 bridgehead atoms. The number of nitrogens with one attached hydrogen (secondary N) is 1. The zero-order valence-electron chi connectivity index (χ0n) is 9.38. The number of alkyl halides is 3. The summed E-state index contributed by atoms with van der Waals surface area (Å²) in [5.74, 6) is 0. The summed E-state index contributed by atoms with van der Waals surface area (Å²) in [6.45, 7) is 0. The van der Waals surface area contributed by atoms with Crippen LogP contribution in [0.3, 0.4) is 0 Å².